The van der Waals surface area contributed by atoms with Gasteiger partial charge in [0.1, 0.15) is 0 Å². The average molecular weight is 310 g/mol. The van der Waals surface area contributed by atoms with Crippen molar-refractivity contribution in [1.82, 2.24) is 9.80 Å². The number of carbonyl (C=O) groups is 2. The number of amides is 1. The van der Waals surface area contributed by atoms with Crippen LogP contribution < -0.4 is 0 Å². The molecule has 0 aromatic rings. The summed E-state index contributed by atoms with van der Waals surface area (Å²) in [5.41, 5.74) is 0. The Morgan fingerprint density at radius 3 is 2.14 bits per heavy atom. The zero-order chi connectivity index (χ0) is 15.7. The van der Waals surface area contributed by atoms with Crippen LogP contribution in [0.3, 0.4) is 0 Å². The smallest absolute Gasteiger partial charge is 0.410 e. The molecule has 3 saturated heterocycles. The Morgan fingerprint density at radius 1 is 1.05 bits per heavy atom. The number of carboxylic acids is 1. The van der Waals surface area contributed by atoms with Gasteiger partial charge in [-0.05, 0) is 58.5 Å². The number of hydrogen-bond acceptors (Lipinski definition) is 4. The molecule has 3 aliphatic heterocycles. The maximum absolute atomic E-state index is 12.1. The number of likely N-dealkylation sites (tertiary alicyclic amines) is 1. The minimum atomic E-state index is -0.656. The first kappa shape index (κ1) is 15.6. The second-order valence-corrected chi connectivity index (χ2v) is 6.76. The summed E-state index contributed by atoms with van der Waals surface area (Å²) in [6.07, 6.45) is 5.51. The van der Waals surface area contributed by atoms with Crippen molar-refractivity contribution in [1.29, 1.82) is 0 Å². The third-order valence-electron chi connectivity index (χ3n) is 5.58. The first-order valence-electron chi connectivity index (χ1n) is 8.52. The Bertz CT molecular complexity index is 420. The number of nitrogens with zero attached hydrogens (tertiary/aromatic N) is 2. The summed E-state index contributed by atoms with van der Waals surface area (Å²) >= 11 is 0. The molecular weight excluding hydrogens is 284 g/mol. The van der Waals surface area contributed by atoms with E-state index in [1.165, 1.54) is 0 Å². The molecule has 0 aromatic heterocycles. The van der Waals surface area contributed by atoms with E-state index in [4.69, 9.17) is 9.84 Å². The molecule has 0 saturated carbocycles. The van der Waals surface area contributed by atoms with Gasteiger partial charge in [0.25, 0.3) is 0 Å². The maximum Gasteiger partial charge on any atom is 0.410 e. The van der Waals surface area contributed by atoms with Crippen LogP contribution in [-0.4, -0.2) is 64.8 Å². The zero-order valence-corrected chi connectivity index (χ0v) is 13.2. The van der Waals surface area contributed by atoms with E-state index in [1.807, 2.05) is 11.8 Å². The topological polar surface area (TPSA) is 70.1 Å². The first-order chi connectivity index (χ1) is 10.6. The predicted molar refractivity (Wildman–Crippen MR) is 80.6 cm³/mol. The number of fused-ring (bicyclic) bond motifs is 2. The number of rotatable bonds is 3. The Balaban J connectivity index is 1.57. The van der Waals surface area contributed by atoms with Crippen molar-refractivity contribution >= 4 is 12.1 Å². The van der Waals surface area contributed by atoms with E-state index in [2.05, 4.69) is 4.90 Å². The van der Waals surface area contributed by atoms with Gasteiger partial charge in [0.05, 0.1) is 12.5 Å². The fourth-order valence-corrected chi connectivity index (χ4v) is 4.45. The van der Waals surface area contributed by atoms with Gasteiger partial charge in [0.15, 0.2) is 0 Å². The van der Waals surface area contributed by atoms with Gasteiger partial charge < -0.3 is 19.6 Å². The van der Waals surface area contributed by atoms with Crippen LogP contribution in [0.25, 0.3) is 0 Å². The van der Waals surface area contributed by atoms with E-state index in [-0.39, 0.29) is 12.0 Å². The highest BCUT2D eigenvalue weighted by molar-refractivity contribution is 5.70. The van der Waals surface area contributed by atoms with Gasteiger partial charge >= 0.3 is 12.1 Å². The van der Waals surface area contributed by atoms with Gasteiger partial charge in [-0.25, -0.2) is 4.79 Å². The predicted octanol–water partition coefficient (Wildman–Crippen LogP) is 1.93. The van der Waals surface area contributed by atoms with Crippen LogP contribution in [0.1, 0.15) is 45.4 Å². The van der Waals surface area contributed by atoms with Crippen LogP contribution in [0, 0.1) is 5.92 Å². The summed E-state index contributed by atoms with van der Waals surface area (Å²) in [6, 6.07) is 1.11. The van der Waals surface area contributed by atoms with E-state index in [9.17, 15) is 9.59 Å². The van der Waals surface area contributed by atoms with Crippen molar-refractivity contribution in [3.8, 4) is 0 Å². The monoisotopic (exact) mass is 310 g/mol. The van der Waals surface area contributed by atoms with Gasteiger partial charge in [-0.2, -0.15) is 0 Å². The molecule has 2 bridgehead atoms. The molecule has 1 N–H and O–H groups in total. The molecule has 124 valence electrons. The maximum atomic E-state index is 12.1. The molecule has 0 spiro atoms. The summed E-state index contributed by atoms with van der Waals surface area (Å²) in [5.74, 6) is -0.829. The molecule has 22 heavy (non-hydrogen) atoms. The normalized spacial score (nSPS) is 33.0. The minimum absolute atomic E-state index is 0.155. The summed E-state index contributed by atoms with van der Waals surface area (Å²) < 4.78 is 5.19. The third-order valence-corrected chi connectivity index (χ3v) is 5.58. The van der Waals surface area contributed by atoms with Crippen molar-refractivity contribution in [2.24, 2.45) is 5.92 Å². The SMILES string of the molecule is CCOC(=O)N1C2CCC1CC(N1CCC(C(=O)O)CC1)C2. The zero-order valence-electron chi connectivity index (χ0n) is 13.2. The lowest BCUT2D eigenvalue weighted by atomic mass is 9.91. The minimum Gasteiger partial charge on any atom is -0.481 e. The van der Waals surface area contributed by atoms with Crippen LogP contribution in [0.4, 0.5) is 4.79 Å². The van der Waals surface area contributed by atoms with Crippen LogP contribution in [0.5, 0.6) is 0 Å². The Morgan fingerprint density at radius 2 is 1.64 bits per heavy atom. The van der Waals surface area contributed by atoms with Gasteiger partial charge in [-0.3, -0.25) is 4.79 Å². The molecule has 1 amide bonds. The van der Waals surface area contributed by atoms with Crippen molar-refractivity contribution in [3.63, 3.8) is 0 Å². The summed E-state index contributed by atoms with van der Waals surface area (Å²) in [4.78, 5) is 27.6. The molecule has 0 aromatic carbocycles. The fourth-order valence-electron chi connectivity index (χ4n) is 4.45. The molecule has 6 heteroatoms. The Labute approximate surface area is 131 Å². The molecule has 2 unspecified atom stereocenters. The molecule has 3 aliphatic rings. The van der Waals surface area contributed by atoms with Crippen molar-refractivity contribution in [3.05, 3.63) is 0 Å². The lowest BCUT2D eigenvalue weighted by molar-refractivity contribution is -0.143. The summed E-state index contributed by atoms with van der Waals surface area (Å²) in [6.45, 7) is 4.03. The summed E-state index contributed by atoms with van der Waals surface area (Å²) in [7, 11) is 0. The largest absolute Gasteiger partial charge is 0.481 e. The standard InChI is InChI=1S/C16H26N2O4/c1-2-22-16(21)18-12-3-4-13(18)10-14(9-12)17-7-5-11(6-8-17)15(19)20/h11-14H,2-10H2,1H3,(H,19,20). The highest BCUT2D eigenvalue weighted by atomic mass is 16.6. The number of aliphatic carboxylic acids is 1. The molecular formula is C16H26N2O4. The Hall–Kier alpha value is -1.30. The van der Waals surface area contributed by atoms with Crippen LogP contribution in [0.2, 0.25) is 0 Å². The number of carboxylic acid groups (broad SMARTS) is 1. The van der Waals surface area contributed by atoms with Gasteiger partial charge in [-0.15, -0.1) is 0 Å². The van der Waals surface area contributed by atoms with E-state index >= 15 is 0 Å². The molecule has 3 fully saturated rings. The molecule has 0 radical (unpaired) electrons. The number of piperidine rings is 2. The number of hydrogen-bond donors (Lipinski definition) is 1. The van der Waals surface area contributed by atoms with Gasteiger partial charge in [-0.1, -0.05) is 0 Å². The number of ether oxygens (including phenoxy) is 1. The van der Waals surface area contributed by atoms with Crippen molar-refractivity contribution in [2.45, 2.75) is 63.6 Å². The lowest BCUT2D eigenvalue weighted by Crippen LogP contribution is -2.54. The summed E-state index contributed by atoms with van der Waals surface area (Å²) in [5, 5.41) is 9.10. The van der Waals surface area contributed by atoms with Crippen LogP contribution >= 0.6 is 0 Å². The molecule has 0 aliphatic carbocycles. The highest BCUT2D eigenvalue weighted by Gasteiger charge is 2.45. The second kappa shape index (κ2) is 6.44. The van der Waals surface area contributed by atoms with Crippen LogP contribution in [-0.2, 0) is 9.53 Å². The van der Waals surface area contributed by atoms with E-state index < -0.39 is 5.97 Å². The van der Waals surface area contributed by atoms with Crippen molar-refractivity contribution in [2.75, 3.05) is 19.7 Å². The van der Waals surface area contributed by atoms with Crippen LogP contribution in [0.15, 0.2) is 0 Å². The molecule has 6 nitrogen and oxygen atoms in total. The van der Waals surface area contributed by atoms with E-state index in [1.54, 1.807) is 0 Å². The average Bonchev–Trinajstić information content (AvgIpc) is 2.78. The molecule has 2 atom stereocenters. The second-order valence-electron chi connectivity index (χ2n) is 6.76. The van der Waals surface area contributed by atoms with Gasteiger partial charge in [0.2, 0.25) is 0 Å². The quantitative estimate of drug-likeness (QED) is 0.862. The Kier molecular flexibility index (Phi) is 4.57. The van der Waals surface area contributed by atoms with E-state index in [0.29, 0.717) is 24.7 Å². The first-order valence-corrected chi connectivity index (χ1v) is 8.52. The van der Waals surface area contributed by atoms with Gasteiger partial charge in [0, 0.05) is 18.1 Å². The molecule has 3 heterocycles. The highest BCUT2D eigenvalue weighted by Crippen LogP contribution is 2.39. The molecule has 3 rings (SSSR count). The fraction of sp³-hybridized carbons (Fsp3) is 0.875. The van der Waals surface area contributed by atoms with E-state index in [0.717, 1.165) is 51.6 Å². The third kappa shape index (κ3) is 2.93. The van der Waals surface area contributed by atoms with Crippen molar-refractivity contribution < 1.29 is 19.4 Å². The lowest BCUT2D eigenvalue weighted by Gasteiger charge is -2.44. The number of carbonyl (C=O) groups excluding carboxylic acids is 1.